The second-order valence-electron chi connectivity index (χ2n) is 14.9. The first-order chi connectivity index (χ1) is 25.1. The van der Waals surface area contributed by atoms with Crippen molar-refractivity contribution in [3.8, 4) is 0 Å². The van der Waals surface area contributed by atoms with Crippen LogP contribution < -0.4 is 5.32 Å². The van der Waals surface area contributed by atoms with Gasteiger partial charge in [-0.2, -0.15) is 0 Å². The maximum atomic E-state index is 12.4. The lowest BCUT2D eigenvalue weighted by Gasteiger charge is -2.21. The Bertz CT molecular complexity index is 835. The molecule has 3 unspecified atom stereocenters. The summed E-state index contributed by atoms with van der Waals surface area (Å²) < 4.78 is 0. The van der Waals surface area contributed by atoms with Crippen molar-refractivity contribution in [1.29, 1.82) is 0 Å². The fourth-order valence-corrected chi connectivity index (χ4v) is 6.39. The number of hydrogen-bond donors (Lipinski definition) is 4. The number of aliphatic hydroxyl groups is 3. The van der Waals surface area contributed by atoms with Crippen molar-refractivity contribution < 1.29 is 20.1 Å². The third-order valence-electron chi connectivity index (χ3n) is 9.87. The molecule has 4 N–H and O–H groups in total. The van der Waals surface area contributed by atoms with Crippen LogP contribution in [0.4, 0.5) is 0 Å². The summed E-state index contributed by atoms with van der Waals surface area (Å²) in [6, 6.07) is -0.822. The Balaban J connectivity index is 3.70. The molecular formula is C46H85NO4. The molecule has 51 heavy (non-hydrogen) atoms. The lowest BCUT2D eigenvalue weighted by atomic mass is 10.0. The zero-order chi connectivity index (χ0) is 37.3. The molecule has 0 spiro atoms. The molecular weight excluding hydrogens is 631 g/mol. The number of amides is 1. The Hall–Kier alpha value is -1.69. The molecule has 0 radical (unpaired) electrons. The quantitative estimate of drug-likeness (QED) is 0.0377. The van der Waals surface area contributed by atoms with Crippen molar-refractivity contribution in [1.82, 2.24) is 5.32 Å². The monoisotopic (exact) mass is 716 g/mol. The lowest BCUT2D eigenvalue weighted by molar-refractivity contribution is -0.131. The summed E-state index contributed by atoms with van der Waals surface area (Å²) in [5.41, 5.74) is 0. The first kappa shape index (κ1) is 49.3. The topological polar surface area (TPSA) is 89.8 Å². The van der Waals surface area contributed by atoms with Crippen molar-refractivity contribution in [3.05, 3.63) is 48.6 Å². The molecule has 5 heteroatoms. The molecule has 3 atom stereocenters. The maximum absolute atomic E-state index is 12.4. The largest absolute Gasteiger partial charge is 0.394 e. The number of hydrogen-bond acceptors (Lipinski definition) is 4. The Morgan fingerprint density at radius 1 is 0.471 bits per heavy atom. The van der Waals surface area contributed by atoms with Crippen LogP contribution in [-0.2, 0) is 4.79 Å². The number of allylic oxidation sites excluding steroid dienone is 7. The molecule has 0 saturated heterocycles. The van der Waals surface area contributed by atoms with Gasteiger partial charge in [-0.15, -0.1) is 0 Å². The number of nitrogens with one attached hydrogen (secondary N) is 1. The number of carbonyl (C=O) groups is 1. The Morgan fingerprint density at radius 2 is 0.804 bits per heavy atom. The van der Waals surface area contributed by atoms with Crippen molar-refractivity contribution in [2.45, 2.75) is 231 Å². The molecule has 0 aromatic rings. The fraction of sp³-hybridized carbons (Fsp3) is 0.804. The number of aliphatic hydroxyl groups excluding tert-OH is 3. The van der Waals surface area contributed by atoms with E-state index in [4.69, 9.17) is 0 Å². The highest BCUT2D eigenvalue weighted by Gasteiger charge is 2.22. The van der Waals surface area contributed by atoms with E-state index in [1.54, 1.807) is 6.08 Å². The summed E-state index contributed by atoms with van der Waals surface area (Å²) in [6.45, 7) is 4.14. The van der Waals surface area contributed by atoms with E-state index < -0.39 is 24.2 Å². The third kappa shape index (κ3) is 36.5. The second-order valence-corrected chi connectivity index (χ2v) is 14.9. The summed E-state index contributed by atoms with van der Waals surface area (Å²) in [5.74, 6) is -0.522. The van der Waals surface area contributed by atoms with Gasteiger partial charge < -0.3 is 20.6 Å². The van der Waals surface area contributed by atoms with Crippen molar-refractivity contribution >= 4 is 5.91 Å². The van der Waals surface area contributed by atoms with E-state index >= 15 is 0 Å². The molecule has 0 saturated carbocycles. The van der Waals surface area contributed by atoms with E-state index in [9.17, 15) is 20.1 Å². The molecule has 1 amide bonds. The Kier molecular flexibility index (Phi) is 39.7. The standard InChI is InChI=1S/C46H85NO4/c1-3-5-7-9-11-13-15-17-19-20-21-22-23-24-25-26-27-29-31-33-35-37-39-41-45(50)46(51)47-43(42-48)44(49)40-38-36-34-32-30-28-18-16-14-12-10-8-6-4-2/h14,16,24-25,30,32,38,40,43-45,48-50H,3-13,15,17-23,26-29,31,33-37,39,41-42H2,1-2H3,(H,47,51)/b16-14+,25-24-,32-30+,40-38+. The van der Waals surface area contributed by atoms with Crippen molar-refractivity contribution in [2.24, 2.45) is 0 Å². The molecule has 5 nitrogen and oxygen atoms in total. The predicted octanol–water partition coefficient (Wildman–Crippen LogP) is 12.5. The highest BCUT2D eigenvalue weighted by molar-refractivity contribution is 5.80. The van der Waals surface area contributed by atoms with Crippen LogP contribution in [0.3, 0.4) is 0 Å². The van der Waals surface area contributed by atoms with E-state index in [2.05, 4.69) is 55.6 Å². The van der Waals surface area contributed by atoms with E-state index in [0.717, 1.165) is 44.9 Å². The number of rotatable bonds is 39. The highest BCUT2D eigenvalue weighted by Crippen LogP contribution is 2.14. The van der Waals surface area contributed by atoms with Gasteiger partial charge in [0.1, 0.15) is 6.10 Å². The van der Waals surface area contributed by atoms with Gasteiger partial charge >= 0.3 is 0 Å². The van der Waals surface area contributed by atoms with Crippen molar-refractivity contribution in [3.63, 3.8) is 0 Å². The summed E-state index contributed by atoms with van der Waals surface area (Å²) in [7, 11) is 0. The van der Waals surface area contributed by atoms with Crippen LogP contribution in [0.25, 0.3) is 0 Å². The maximum Gasteiger partial charge on any atom is 0.249 e. The lowest BCUT2D eigenvalue weighted by Crippen LogP contribution is -2.48. The number of unbranched alkanes of at least 4 members (excludes halogenated alkanes) is 25. The van der Waals surface area contributed by atoms with Gasteiger partial charge in [0.15, 0.2) is 0 Å². The van der Waals surface area contributed by atoms with Crippen LogP contribution in [0.15, 0.2) is 48.6 Å². The van der Waals surface area contributed by atoms with Crippen LogP contribution in [-0.4, -0.2) is 46.1 Å². The van der Waals surface area contributed by atoms with E-state index in [1.807, 2.05) is 6.08 Å². The van der Waals surface area contributed by atoms with Gasteiger partial charge in [0, 0.05) is 0 Å². The molecule has 0 aliphatic carbocycles. The van der Waals surface area contributed by atoms with Gasteiger partial charge in [-0.25, -0.2) is 0 Å². The minimum Gasteiger partial charge on any atom is -0.394 e. The minimum absolute atomic E-state index is 0.384. The van der Waals surface area contributed by atoms with Gasteiger partial charge in [-0.1, -0.05) is 191 Å². The summed E-state index contributed by atoms with van der Waals surface area (Å²) in [4.78, 5) is 12.4. The third-order valence-corrected chi connectivity index (χ3v) is 9.87. The van der Waals surface area contributed by atoms with Crippen LogP contribution >= 0.6 is 0 Å². The van der Waals surface area contributed by atoms with E-state index in [-0.39, 0.29) is 6.61 Å². The van der Waals surface area contributed by atoms with Gasteiger partial charge in [0.05, 0.1) is 18.8 Å². The zero-order valence-corrected chi connectivity index (χ0v) is 33.7. The first-order valence-corrected chi connectivity index (χ1v) is 22.0. The minimum atomic E-state index is -1.11. The smallest absolute Gasteiger partial charge is 0.249 e. The summed E-state index contributed by atoms with van der Waals surface area (Å²) in [5, 5.41) is 33.1. The average Bonchev–Trinajstić information content (AvgIpc) is 3.13. The molecule has 0 fully saturated rings. The number of carbonyl (C=O) groups excluding carboxylic acids is 1. The molecule has 0 bridgehead atoms. The predicted molar refractivity (Wildman–Crippen MR) is 222 cm³/mol. The van der Waals surface area contributed by atoms with Gasteiger partial charge in [0.2, 0.25) is 5.91 Å². The molecule has 298 valence electrons. The first-order valence-electron chi connectivity index (χ1n) is 22.0. The van der Waals surface area contributed by atoms with Crippen LogP contribution in [0, 0.1) is 0 Å². The zero-order valence-electron chi connectivity index (χ0n) is 33.7. The average molecular weight is 716 g/mol. The second kappa shape index (κ2) is 41.1. The Labute approximate surface area is 316 Å². The van der Waals surface area contributed by atoms with Gasteiger partial charge in [0.25, 0.3) is 0 Å². The van der Waals surface area contributed by atoms with Gasteiger partial charge in [-0.05, 0) is 70.6 Å². The molecule has 0 aliphatic rings. The molecule has 0 rings (SSSR count). The van der Waals surface area contributed by atoms with E-state index in [0.29, 0.717) is 6.42 Å². The summed E-state index contributed by atoms with van der Waals surface area (Å²) in [6.07, 6.45) is 52.9. The summed E-state index contributed by atoms with van der Waals surface area (Å²) >= 11 is 0. The van der Waals surface area contributed by atoms with Crippen LogP contribution in [0.2, 0.25) is 0 Å². The van der Waals surface area contributed by atoms with Gasteiger partial charge in [-0.3, -0.25) is 4.79 Å². The fourth-order valence-electron chi connectivity index (χ4n) is 6.39. The van der Waals surface area contributed by atoms with Crippen molar-refractivity contribution in [2.75, 3.05) is 6.61 Å². The van der Waals surface area contributed by atoms with Crippen LogP contribution in [0.5, 0.6) is 0 Å². The highest BCUT2D eigenvalue weighted by atomic mass is 16.3. The SMILES string of the molecule is CCCCCC/C=C/CC/C=C/CC/C=C/C(O)C(CO)NC(=O)C(O)CCCCCCCCC/C=C\CCCCCCCCCCCCCC. The van der Waals surface area contributed by atoms with Crippen LogP contribution in [0.1, 0.15) is 213 Å². The normalized spacial score (nSPS) is 14.1. The molecule has 0 aliphatic heterocycles. The van der Waals surface area contributed by atoms with E-state index in [1.165, 1.54) is 148 Å². The Morgan fingerprint density at radius 3 is 1.22 bits per heavy atom. The molecule has 0 heterocycles. The molecule has 0 aromatic heterocycles. The molecule has 0 aromatic carbocycles.